The standard InChI is InChI=1S/2C29H28OP.C8H3BF6O3/c2*1-23(2)24-18-20-25(21-19-24)29(30)22-31(26-12-6-3-7-13-26,27-14-8-4-9-15-27)28-16-10-5-11-17-28;10-7(11,12)4-1-5(8(13,14)15)3-6(2-4)18-9(16)17/h2*3-21,23H,22H2,1-2H3;1-3H/q2*+1;-2. The summed E-state index contributed by atoms with van der Waals surface area (Å²) in [6.45, 7) is 8.70. The third-order valence-electron chi connectivity index (χ3n) is 13.5. The molecule has 0 bridgehead atoms. The molecule has 0 aliphatic carbocycles. The number of alkyl halides is 6. The Morgan fingerprint density at radius 3 is 0.838 bits per heavy atom. The first-order valence-electron chi connectivity index (χ1n) is 25.9. The molecule has 0 aromatic heterocycles. The number of carbonyl (C=O) groups excluding carboxylic acids is 2. The van der Waals surface area contributed by atoms with Gasteiger partial charge in [0.25, 0.3) is 0 Å². The van der Waals surface area contributed by atoms with Crippen molar-refractivity contribution in [3.05, 3.63) is 282 Å². The lowest BCUT2D eigenvalue weighted by Crippen LogP contribution is -2.50. The van der Waals surface area contributed by atoms with Crippen LogP contribution in [0.15, 0.2) is 249 Å². The summed E-state index contributed by atoms with van der Waals surface area (Å²) in [7, 11) is -7.33. The zero-order valence-electron chi connectivity index (χ0n) is 44.5. The summed E-state index contributed by atoms with van der Waals surface area (Å²) < 4.78 is 77.5. The van der Waals surface area contributed by atoms with E-state index in [0.717, 1.165) is 11.1 Å². The number of ketones is 2. The van der Waals surface area contributed by atoms with Gasteiger partial charge in [0.05, 0.1) is 16.9 Å². The van der Waals surface area contributed by atoms with E-state index in [1.807, 2.05) is 60.7 Å². The van der Waals surface area contributed by atoms with Gasteiger partial charge in [0.1, 0.15) is 66.0 Å². The van der Waals surface area contributed by atoms with Gasteiger partial charge in [0.2, 0.25) is 11.6 Å². The Morgan fingerprint density at radius 2 is 0.637 bits per heavy atom. The van der Waals surface area contributed by atoms with Gasteiger partial charge in [-0.1, -0.05) is 185 Å². The SMILES string of the molecule is CC(C)c1ccc(C(=O)C[P+](c2ccccc2)(c2ccccc2)c2ccccc2)cc1.CC(C)c1ccc(C(=O)C[P+](c2ccccc2)(c2ccccc2)c2ccccc2)cc1.[O-]B([O-])Oc1cc(C(F)(F)F)cc(C(F)(F)F)c1. The Labute approximate surface area is 465 Å². The zero-order valence-corrected chi connectivity index (χ0v) is 46.3. The Morgan fingerprint density at radius 1 is 0.400 bits per heavy atom. The number of hydrogen-bond donors (Lipinski definition) is 0. The lowest BCUT2D eigenvalue weighted by atomic mass is 10.0. The van der Waals surface area contributed by atoms with Gasteiger partial charge in [-0.25, -0.2) is 0 Å². The Hall–Kier alpha value is -7.46. The van der Waals surface area contributed by atoms with Crippen LogP contribution in [0.5, 0.6) is 5.75 Å². The summed E-state index contributed by atoms with van der Waals surface area (Å²) in [4.78, 5) is 27.4. The molecule has 0 N–H and O–H groups in total. The van der Waals surface area contributed by atoms with Crippen molar-refractivity contribution in [1.82, 2.24) is 0 Å². The lowest BCUT2D eigenvalue weighted by molar-refractivity contribution is -0.372. The maximum absolute atomic E-state index is 13.7. The van der Waals surface area contributed by atoms with Crippen LogP contribution in [-0.2, 0) is 12.4 Å². The van der Waals surface area contributed by atoms with Crippen molar-refractivity contribution in [2.75, 3.05) is 12.3 Å². The Bertz CT molecular complexity index is 2960. The summed E-state index contributed by atoms with van der Waals surface area (Å²) in [6.07, 6.45) is -9.15. The fourth-order valence-electron chi connectivity index (χ4n) is 9.36. The van der Waals surface area contributed by atoms with Gasteiger partial charge in [-0.3, -0.25) is 9.59 Å². The monoisotopic (exact) mass is 1120 g/mol. The van der Waals surface area contributed by atoms with Crippen LogP contribution in [0.25, 0.3) is 0 Å². The molecule has 0 unspecified atom stereocenters. The van der Waals surface area contributed by atoms with Crippen LogP contribution >= 0.6 is 14.5 Å². The predicted octanol–water partition coefficient (Wildman–Crippen LogP) is 12.8. The van der Waals surface area contributed by atoms with E-state index < -0.39 is 51.1 Å². The van der Waals surface area contributed by atoms with Crippen LogP contribution in [0, 0.1) is 0 Å². The number of carbonyl (C=O) groups is 2. The molecule has 14 heteroatoms. The summed E-state index contributed by atoms with van der Waals surface area (Å²) >= 11 is 0. The largest absolute Gasteiger partial charge is 0.860 e. The first-order valence-corrected chi connectivity index (χ1v) is 29.8. The topological polar surface area (TPSA) is 89.5 Å². The van der Waals surface area contributed by atoms with Crippen molar-refractivity contribution in [3.63, 3.8) is 0 Å². The smallest absolute Gasteiger partial charge is 0.416 e. The van der Waals surface area contributed by atoms with Crippen LogP contribution in [0.1, 0.15) is 82.5 Å². The second-order valence-corrected chi connectivity index (χ2v) is 26.5. The van der Waals surface area contributed by atoms with Gasteiger partial charge < -0.3 is 14.7 Å². The van der Waals surface area contributed by atoms with Crippen LogP contribution in [0.3, 0.4) is 0 Å². The molecule has 0 radical (unpaired) electrons. The van der Waals surface area contributed by atoms with Gasteiger partial charge in [0.15, 0.2) is 0 Å². The molecule has 9 aromatic rings. The van der Waals surface area contributed by atoms with Crippen molar-refractivity contribution >= 4 is 65.2 Å². The predicted molar refractivity (Wildman–Crippen MR) is 313 cm³/mol. The van der Waals surface area contributed by atoms with E-state index in [1.165, 1.54) is 43.0 Å². The molecule has 0 saturated carbocycles. The van der Waals surface area contributed by atoms with E-state index >= 15 is 0 Å². The Balaban J connectivity index is 0.000000180. The molecule has 0 saturated heterocycles. The number of halogens is 6. The quantitative estimate of drug-likeness (QED) is 0.0416. The fourth-order valence-corrected chi connectivity index (χ4v) is 17.6. The number of benzene rings is 9. The van der Waals surface area contributed by atoms with Crippen LogP contribution < -0.4 is 46.5 Å². The van der Waals surface area contributed by atoms with Gasteiger partial charge >= 0.3 is 12.4 Å². The molecule has 0 fully saturated rings. The molecule has 0 spiro atoms. The van der Waals surface area contributed by atoms with E-state index in [9.17, 15) is 46.0 Å². The minimum absolute atomic E-state index is 0.141. The highest BCUT2D eigenvalue weighted by Gasteiger charge is 2.49. The first-order chi connectivity index (χ1) is 38.2. The van der Waals surface area contributed by atoms with E-state index in [-0.39, 0.29) is 29.8 Å². The van der Waals surface area contributed by atoms with Gasteiger partial charge in [-0.2, -0.15) is 26.3 Å². The molecule has 408 valence electrons. The molecule has 0 atom stereocenters. The summed E-state index contributed by atoms with van der Waals surface area (Å²) in [5.41, 5.74) is 0.771. The fraction of sp³-hybridized carbons (Fsp3) is 0.152. The van der Waals surface area contributed by atoms with E-state index in [2.05, 4.69) is 202 Å². The van der Waals surface area contributed by atoms with Gasteiger partial charge in [-0.15, -0.1) is 0 Å². The molecule has 0 heterocycles. The molecule has 5 nitrogen and oxygen atoms in total. The van der Waals surface area contributed by atoms with Crippen molar-refractivity contribution in [2.24, 2.45) is 0 Å². The molecular formula is C66H59BF6O5P2. The van der Waals surface area contributed by atoms with Gasteiger partial charge in [0, 0.05) is 11.1 Å². The minimum Gasteiger partial charge on any atom is -0.860 e. The first kappa shape index (κ1) is 60.2. The van der Waals surface area contributed by atoms with E-state index in [4.69, 9.17) is 0 Å². The van der Waals surface area contributed by atoms with E-state index in [1.54, 1.807) is 0 Å². The zero-order chi connectivity index (χ0) is 57.5. The Kier molecular flexibility index (Phi) is 20.4. The maximum Gasteiger partial charge on any atom is 0.416 e. The van der Waals surface area contributed by atoms with Crippen molar-refractivity contribution in [3.8, 4) is 5.75 Å². The highest BCUT2D eigenvalue weighted by atomic mass is 31.2. The number of Topliss-reactive ketones (excluding diaryl/α,β-unsaturated/α-hetero) is 2. The molecule has 0 aliphatic rings. The van der Waals surface area contributed by atoms with Crippen molar-refractivity contribution < 1.29 is 50.6 Å². The molecule has 9 aromatic carbocycles. The van der Waals surface area contributed by atoms with Crippen LogP contribution in [-0.4, -0.2) is 31.2 Å². The average molecular weight is 1120 g/mol. The molecular weight excluding hydrogens is 1060 g/mol. The highest BCUT2D eigenvalue weighted by Crippen LogP contribution is 2.57. The average Bonchev–Trinajstić information content (AvgIpc) is 3.64. The normalized spacial score (nSPS) is 11.7. The van der Waals surface area contributed by atoms with Crippen LogP contribution in [0.2, 0.25) is 0 Å². The summed E-state index contributed by atoms with van der Waals surface area (Å²) in [5, 5.41) is 27.6. The molecule has 80 heavy (non-hydrogen) atoms. The van der Waals surface area contributed by atoms with Crippen molar-refractivity contribution in [1.29, 1.82) is 0 Å². The third-order valence-corrected chi connectivity index (χ3v) is 22.1. The van der Waals surface area contributed by atoms with Gasteiger partial charge in [-0.05, 0) is 114 Å². The van der Waals surface area contributed by atoms with E-state index in [0.29, 0.717) is 24.2 Å². The lowest BCUT2D eigenvalue weighted by Gasteiger charge is -2.27. The molecule has 0 amide bonds. The highest BCUT2D eigenvalue weighted by molar-refractivity contribution is 7.96. The molecule has 9 rings (SSSR count). The number of rotatable bonds is 16. The summed E-state index contributed by atoms with van der Waals surface area (Å²) in [5.74, 6) is 0.218. The second-order valence-electron chi connectivity index (χ2n) is 19.5. The van der Waals surface area contributed by atoms with Crippen molar-refractivity contribution in [2.45, 2.75) is 51.9 Å². The van der Waals surface area contributed by atoms with Crippen LogP contribution in [0.4, 0.5) is 26.3 Å². The minimum atomic E-state index is -5.05. The third kappa shape index (κ3) is 15.1. The molecule has 0 aliphatic heterocycles. The summed E-state index contributed by atoms with van der Waals surface area (Å²) in [6, 6.07) is 79.9. The second kappa shape index (κ2) is 27.1. The maximum atomic E-state index is 13.7. The number of hydrogen-bond acceptors (Lipinski definition) is 5.